The van der Waals surface area contributed by atoms with Gasteiger partial charge in [-0.1, -0.05) is 44.2 Å². The highest BCUT2D eigenvalue weighted by atomic mass is 16.4. The smallest absolute Gasteiger partial charge is 0.326 e. The number of rotatable bonds is 22. The number of hydrogen-bond donors (Lipinski definition) is 10. The Hall–Kier alpha value is -5.83. The fraction of sp³-hybridized carbons (Fsp3) is 0.605. The maximum absolute atomic E-state index is 13.8. The molecule has 6 atom stereocenters. The van der Waals surface area contributed by atoms with E-state index in [4.69, 9.17) is 17.2 Å². The summed E-state index contributed by atoms with van der Waals surface area (Å²) in [4.78, 5) is 111. The molecule has 59 heavy (non-hydrogen) atoms. The molecule has 1 aromatic carbocycles. The Morgan fingerprint density at radius 1 is 0.780 bits per heavy atom. The fourth-order valence-corrected chi connectivity index (χ4v) is 6.98. The highest BCUT2D eigenvalue weighted by molar-refractivity contribution is 5.97. The number of guanidine groups is 1. The Bertz CT molecular complexity index is 1670. The van der Waals surface area contributed by atoms with Crippen LogP contribution in [0, 0.1) is 5.92 Å². The number of aliphatic hydroxyl groups excluding tert-OH is 1. The Balaban J connectivity index is 1.66. The first-order valence-corrected chi connectivity index (χ1v) is 19.8. The van der Waals surface area contributed by atoms with Crippen molar-refractivity contribution in [3.8, 4) is 0 Å². The molecule has 2 fully saturated rings. The van der Waals surface area contributed by atoms with Gasteiger partial charge in [-0.05, 0) is 56.4 Å². The maximum atomic E-state index is 13.8. The van der Waals surface area contributed by atoms with Crippen molar-refractivity contribution in [1.29, 1.82) is 0 Å². The van der Waals surface area contributed by atoms with Gasteiger partial charge in [0.05, 0.1) is 19.7 Å². The lowest BCUT2D eigenvalue weighted by Crippen LogP contribution is -2.58. The largest absolute Gasteiger partial charge is 0.480 e. The third kappa shape index (κ3) is 14.8. The van der Waals surface area contributed by atoms with Crippen LogP contribution >= 0.6 is 0 Å². The van der Waals surface area contributed by atoms with E-state index >= 15 is 0 Å². The molecule has 2 heterocycles. The van der Waals surface area contributed by atoms with Crippen LogP contribution in [0.1, 0.15) is 64.4 Å². The maximum Gasteiger partial charge on any atom is 0.326 e. The van der Waals surface area contributed by atoms with Crippen LogP contribution in [0.5, 0.6) is 0 Å². The number of carbonyl (C=O) groups is 8. The Morgan fingerprint density at radius 3 is 1.88 bits per heavy atom. The summed E-state index contributed by atoms with van der Waals surface area (Å²) >= 11 is 0. The van der Waals surface area contributed by atoms with Gasteiger partial charge in [0.15, 0.2) is 5.96 Å². The fourth-order valence-electron chi connectivity index (χ4n) is 6.98. The Morgan fingerprint density at radius 2 is 1.34 bits per heavy atom. The molecular weight excluding hydrogens is 770 g/mol. The zero-order valence-electron chi connectivity index (χ0n) is 33.6. The van der Waals surface area contributed by atoms with Crippen LogP contribution in [0.4, 0.5) is 0 Å². The van der Waals surface area contributed by atoms with Crippen LogP contribution in [0.25, 0.3) is 0 Å². The lowest BCUT2D eigenvalue weighted by atomic mass is 10.0. The minimum Gasteiger partial charge on any atom is -0.480 e. The number of hydrogen-bond acceptors (Lipinski definition) is 11. The molecule has 3 rings (SSSR count). The van der Waals surface area contributed by atoms with Crippen molar-refractivity contribution < 1.29 is 48.6 Å². The van der Waals surface area contributed by atoms with Gasteiger partial charge in [-0.2, -0.15) is 0 Å². The number of nitrogens with zero attached hydrogens (tertiary/aromatic N) is 3. The summed E-state index contributed by atoms with van der Waals surface area (Å²) in [6.45, 7) is 2.64. The van der Waals surface area contributed by atoms with Gasteiger partial charge in [-0.15, -0.1) is 0 Å². The second-order valence-electron chi connectivity index (χ2n) is 14.9. The Kier molecular flexibility index (Phi) is 19.0. The molecule has 1 aromatic rings. The van der Waals surface area contributed by atoms with Gasteiger partial charge in [0.1, 0.15) is 36.3 Å². The van der Waals surface area contributed by atoms with E-state index in [0.717, 1.165) is 0 Å². The molecule has 0 unspecified atom stereocenters. The van der Waals surface area contributed by atoms with E-state index in [0.29, 0.717) is 31.4 Å². The van der Waals surface area contributed by atoms with E-state index in [1.807, 2.05) is 13.8 Å². The predicted molar refractivity (Wildman–Crippen MR) is 213 cm³/mol. The number of nitrogens with two attached hydrogens (primary N) is 3. The van der Waals surface area contributed by atoms with Gasteiger partial charge in [0, 0.05) is 26.1 Å². The monoisotopic (exact) mass is 829 g/mol. The second kappa shape index (κ2) is 23.5. The lowest BCUT2D eigenvalue weighted by molar-refractivity contribution is -0.142. The van der Waals surface area contributed by atoms with Crippen LogP contribution in [-0.2, 0) is 44.8 Å². The van der Waals surface area contributed by atoms with Crippen LogP contribution in [-0.4, -0.2) is 149 Å². The quantitative estimate of drug-likeness (QED) is 0.0307. The predicted octanol–water partition coefficient (Wildman–Crippen LogP) is -3.60. The second-order valence-corrected chi connectivity index (χ2v) is 14.9. The number of aliphatic hydroxyl groups is 1. The van der Waals surface area contributed by atoms with Gasteiger partial charge in [-0.25, -0.2) is 4.79 Å². The number of carbonyl (C=O) groups excluding carboxylic acids is 7. The summed E-state index contributed by atoms with van der Waals surface area (Å²) in [5.74, 6) is -6.23. The zero-order chi connectivity index (χ0) is 43.6. The number of amides is 7. The molecule has 21 nitrogen and oxygen atoms in total. The van der Waals surface area contributed by atoms with Gasteiger partial charge >= 0.3 is 5.97 Å². The lowest BCUT2D eigenvalue weighted by Gasteiger charge is -2.28. The molecule has 0 radical (unpaired) electrons. The molecule has 0 spiro atoms. The van der Waals surface area contributed by atoms with E-state index in [1.165, 1.54) is 9.80 Å². The third-order valence-corrected chi connectivity index (χ3v) is 9.97. The standard InChI is InChI=1S/C38H59N11O10/c1-22(2)17-25(34(55)44-24(11-6-14-42-38(40)41)33(54)46-26(37(58)59)18-23-9-4-3-5-10-23)45-35(56)29-13-8-16-49(29)31(52)20-43-32(53)27(21-50)47-36(57)28-12-7-15-48(28)30(51)19-39/h3-5,9-10,22,24-29,50H,6-8,11-21,39H2,1-2H3,(H,43,53)(H,44,55)(H,45,56)(H,46,54)(H,47,57)(H,58,59)(H4,40,41,42)/t24-,25-,26-,27-,28-,29-/m0/s1. The van der Waals surface area contributed by atoms with Crippen molar-refractivity contribution in [3.63, 3.8) is 0 Å². The number of carboxylic acids is 1. The van der Waals surface area contributed by atoms with Crippen molar-refractivity contribution in [3.05, 3.63) is 35.9 Å². The summed E-state index contributed by atoms with van der Waals surface area (Å²) in [6.07, 6.45) is 2.01. The molecule has 13 N–H and O–H groups in total. The van der Waals surface area contributed by atoms with Gasteiger partial charge in [0.25, 0.3) is 0 Å². The molecule has 7 amide bonds. The van der Waals surface area contributed by atoms with E-state index < -0.39 is 96.7 Å². The van der Waals surface area contributed by atoms with Crippen LogP contribution in [0.15, 0.2) is 35.3 Å². The van der Waals surface area contributed by atoms with Crippen molar-refractivity contribution in [2.45, 2.75) is 101 Å². The van der Waals surface area contributed by atoms with E-state index in [9.17, 15) is 48.6 Å². The minimum absolute atomic E-state index is 0.0143. The molecule has 2 saturated heterocycles. The number of carboxylic acid groups (broad SMARTS) is 1. The highest BCUT2D eigenvalue weighted by Gasteiger charge is 2.38. The first-order chi connectivity index (χ1) is 28.1. The number of benzene rings is 1. The number of likely N-dealkylation sites (tertiary alicyclic amines) is 2. The summed E-state index contributed by atoms with van der Waals surface area (Å²) in [7, 11) is 0. The first kappa shape index (κ1) is 47.5. The van der Waals surface area contributed by atoms with Gasteiger partial charge in [0.2, 0.25) is 41.4 Å². The van der Waals surface area contributed by atoms with Crippen LogP contribution in [0.2, 0.25) is 0 Å². The van der Waals surface area contributed by atoms with E-state index in [-0.39, 0.29) is 63.6 Å². The average Bonchev–Trinajstić information content (AvgIpc) is 3.90. The molecule has 326 valence electrons. The molecule has 21 heteroatoms. The number of aliphatic carboxylic acids is 1. The van der Waals surface area contributed by atoms with Crippen molar-refractivity contribution >= 4 is 53.3 Å². The molecule has 0 saturated carbocycles. The van der Waals surface area contributed by atoms with Gasteiger partial charge in [-0.3, -0.25) is 38.6 Å². The van der Waals surface area contributed by atoms with Crippen molar-refractivity contribution in [2.24, 2.45) is 28.1 Å². The summed E-state index contributed by atoms with van der Waals surface area (Å²) in [6, 6.07) is 1.72. The summed E-state index contributed by atoms with van der Waals surface area (Å²) in [5, 5.41) is 32.4. The van der Waals surface area contributed by atoms with E-state index in [1.54, 1.807) is 30.3 Å². The van der Waals surface area contributed by atoms with Crippen molar-refractivity contribution in [1.82, 2.24) is 36.4 Å². The molecule has 2 aliphatic heterocycles. The topological polar surface area (TPSA) is 334 Å². The van der Waals surface area contributed by atoms with Gasteiger partial charge < -0.3 is 63.8 Å². The number of aliphatic imine (C=N–C) groups is 1. The normalized spacial score (nSPS) is 18.2. The highest BCUT2D eigenvalue weighted by Crippen LogP contribution is 2.19. The third-order valence-electron chi connectivity index (χ3n) is 9.97. The number of nitrogens with one attached hydrogen (secondary N) is 5. The molecular formula is C38H59N11O10. The minimum atomic E-state index is -1.42. The summed E-state index contributed by atoms with van der Waals surface area (Å²) in [5.41, 5.74) is 17.0. The zero-order valence-corrected chi connectivity index (χ0v) is 33.6. The van der Waals surface area contributed by atoms with Crippen LogP contribution in [0.3, 0.4) is 0 Å². The molecule has 0 bridgehead atoms. The molecule has 2 aliphatic rings. The van der Waals surface area contributed by atoms with Crippen LogP contribution < -0.4 is 43.8 Å². The SMILES string of the molecule is CC(C)C[C@H](NC(=O)[C@@H]1CCCN1C(=O)CNC(=O)[C@H](CO)NC(=O)[C@@H]1CCCN1C(=O)CN)C(=O)N[C@@H](CCCN=C(N)N)C(=O)N[C@@H](Cc1ccccc1)C(=O)O. The average molecular weight is 830 g/mol. The van der Waals surface area contributed by atoms with Crippen molar-refractivity contribution in [2.75, 3.05) is 39.3 Å². The summed E-state index contributed by atoms with van der Waals surface area (Å²) < 4.78 is 0. The Labute approximate surface area is 342 Å². The molecule has 0 aromatic heterocycles. The molecule has 0 aliphatic carbocycles. The first-order valence-electron chi connectivity index (χ1n) is 19.8. The van der Waals surface area contributed by atoms with E-state index in [2.05, 4.69) is 31.6 Å².